The summed E-state index contributed by atoms with van der Waals surface area (Å²) in [4.78, 5) is 0. The molecule has 102 valence electrons. The average molecular weight is 359 g/mol. The Balaban J connectivity index is 2.41. The van der Waals surface area contributed by atoms with Gasteiger partial charge in [-0.3, -0.25) is 4.68 Å². The zero-order valence-electron chi connectivity index (χ0n) is 9.71. The molecule has 1 aromatic rings. The van der Waals surface area contributed by atoms with E-state index in [4.69, 9.17) is 16.3 Å². The summed E-state index contributed by atoms with van der Waals surface area (Å²) in [5, 5.41) is 4.54. The van der Waals surface area contributed by atoms with Crippen LogP contribution in [0.3, 0.4) is 0 Å². The second-order valence-electron chi connectivity index (χ2n) is 3.92. The predicted octanol–water partition coefficient (Wildman–Crippen LogP) is 0.858. The van der Waals surface area contributed by atoms with Crippen molar-refractivity contribution < 1.29 is 13.2 Å². The molecule has 0 radical (unpaired) electrons. The van der Waals surface area contributed by atoms with E-state index in [0.29, 0.717) is 25.1 Å². The fourth-order valence-electron chi connectivity index (χ4n) is 1.88. The van der Waals surface area contributed by atoms with E-state index in [-0.39, 0.29) is 16.1 Å². The van der Waals surface area contributed by atoms with Crippen LogP contribution in [0.25, 0.3) is 0 Å². The summed E-state index contributed by atoms with van der Waals surface area (Å²) in [6.45, 7) is 1.08. The largest absolute Gasteiger partial charge is 0.378 e. The number of sulfonamides is 1. The third-order valence-electron chi connectivity index (χ3n) is 2.75. The summed E-state index contributed by atoms with van der Waals surface area (Å²) < 4.78 is 33.1. The Labute approximate surface area is 119 Å². The van der Waals surface area contributed by atoms with E-state index in [1.165, 1.54) is 15.2 Å². The number of aromatic nitrogens is 2. The number of aryl methyl sites for hydroxylation is 1. The Kier molecular flexibility index (Phi) is 4.32. The van der Waals surface area contributed by atoms with E-state index in [2.05, 4.69) is 21.0 Å². The van der Waals surface area contributed by atoms with Crippen LogP contribution in [0.1, 0.15) is 0 Å². The van der Waals surface area contributed by atoms with Crippen molar-refractivity contribution in [1.29, 1.82) is 0 Å². The first-order valence-corrected chi connectivity index (χ1v) is 8.25. The van der Waals surface area contributed by atoms with E-state index in [1.54, 1.807) is 7.05 Å². The van der Waals surface area contributed by atoms with Crippen LogP contribution >= 0.6 is 27.5 Å². The fraction of sp³-hybridized carbons (Fsp3) is 0.667. The molecule has 1 unspecified atom stereocenters. The van der Waals surface area contributed by atoms with Gasteiger partial charge in [0.1, 0.15) is 0 Å². The van der Waals surface area contributed by atoms with Crippen molar-refractivity contribution in [2.75, 3.05) is 25.1 Å². The molecule has 1 aliphatic rings. The third-order valence-corrected chi connectivity index (χ3v) is 5.95. The molecular weight excluding hydrogens is 346 g/mol. The quantitative estimate of drug-likeness (QED) is 0.752. The Bertz CT molecular complexity index is 514. The summed E-state index contributed by atoms with van der Waals surface area (Å²) in [5.74, 6) is 0. The maximum atomic E-state index is 12.6. The first kappa shape index (κ1) is 14.3. The molecule has 0 saturated carbocycles. The molecule has 2 rings (SSSR count). The molecule has 6 nitrogen and oxygen atoms in total. The molecule has 0 aromatic carbocycles. The first-order chi connectivity index (χ1) is 8.48. The highest BCUT2D eigenvalue weighted by atomic mass is 79.9. The van der Waals surface area contributed by atoms with Crippen molar-refractivity contribution >= 4 is 37.6 Å². The Hall–Kier alpha value is -0.150. The lowest BCUT2D eigenvalue weighted by Gasteiger charge is -2.33. The average Bonchev–Trinajstić information content (AvgIpc) is 2.69. The molecule has 9 heteroatoms. The van der Waals surface area contributed by atoms with Crippen molar-refractivity contribution in [1.82, 2.24) is 14.1 Å². The zero-order valence-corrected chi connectivity index (χ0v) is 12.9. The highest BCUT2D eigenvalue weighted by Crippen LogP contribution is 2.26. The normalized spacial score (nSPS) is 22.3. The number of morpholine rings is 1. The number of halogens is 2. The summed E-state index contributed by atoms with van der Waals surface area (Å²) in [7, 11) is -2.09. The topological polar surface area (TPSA) is 64.4 Å². The molecule has 0 aliphatic carbocycles. The molecule has 0 spiro atoms. The van der Waals surface area contributed by atoms with Gasteiger partial charge >= 0.3 is 0 Å². The smallest absolute Gasteiger partial charge is 0.262 e. The molecule has 18 heavy (non-hydrogen) atoms. The molecule has 1 atom stereocenters. The fourth-order valence-corrected chi connectivity index (χ4v) is 4.81. The number of ether oxygens (including phenoxy) is 1. The van der Waals surface area contributed by atoms with Crippen LogP contribution in [0.2, 0.25) is 5.02 Å². The molecule has 0 N–H and O–H groups in total. The van der Waals surface area contributed by atoms with Gasteiger partial charge < -0.3 is 4.74 Å². The van der Waals surface area contributed by atoms with Crippen LogP contribution < -0.4 is 0 Å². The van der Waals surface area contributed by atoms with Gasteiger partial charge in [0.05, 0.1) is 30.5 Å². The number of hydrogen-bond donors (Lipinski definition) is 0. The minimum atomic E-state index is -3.65. The molecule has 0 bridgehead atoms. The van der Waals surface area contributed by atoms with Crippen molar-refractivity contribution in [3.05, 3.63) is 11.2 Å². The third kappa shape index (κ3) is 2.44. The highest BCUT2D eigenvalue weighted by molar-refractivity contribution is 9.09. The first-order valence-electron chi connectivity index (χ1n) is 5.31. The molecular formula is C9H13BrClN3O3S. The number of alkyl halides is 1. The number of nitrogens with zero attached hydrogens (tertiary/aromatic N) is 3. The van der Waals surface area contributed by atoms with Gasteiger partial charge in [0.25, 0.3) is 10.0 Å². The lowest BCUT2D eigenvalue weighted by molar-refractivity contribution is 0.0411. The lowest BCUT2D eigenvalue weighted by atomic mass is 10.3. The van der Waals surface area contributed by atoms with Gasteiger partial charge in [-0.1, -0.05) is 27.5 Å². The summed E-state index contributed by atoms with van der Waals surface area (Å²) in [5.41, 5.74) is 0. The van der Waals surface area contributed by atoms with Gasteiger partial charge in [0, 0.05) is 18.9 Å². The number of hydrogen-bond acceptors (Lipinski definition) is 4. The van der Waals surface area contributed by atoms with E-state index >= 15 is 0 Å². The van der Waals surface area contributed by atoms with Crippen molar-refractivity contribution in [2.24, 2.45) is 7.05 Å². The van der Waals surface area contributed by atoms with Gasteiger partial charge in [0.2, 0.25) is 0 Å². The van der Waals surface area contributed by atoms with E-state index in [1.807, 2.05) is 0 Å². The van der Waals surface area contributed by atoms with Crippen LogP contribution in [-0.4, -0.2) is 53.6 Å². The highest BCUT2D eigenvalue weighted by Gasteiger charge is 2.36. The van der Waals surface area contributed by atoms with Crippen LogP contribution in [0.5, 0.6) is 0 Å². The Morgan fingerprint density at radius 2 is 2.39 bits per heavy atom. The van der Waals surface area contributed by atoms with Crippen molar-refractivity contribution in [3.63, 3.8) is 0 Å². The van der Waals surface area contributed by atoms with Gasteiger partial charge in [-0.25, -0.2) is 8.42 Å². The van der Waals surface area contributed by atoms with Crippen LogP contribution in [0.15, 0.2) is 11.2 Å². The van der Waals surface area contributed by atoms with Crippen molar-refractivity contribution in [3.8, 4) is 0 Å². The second kappa shape index (κ2) is 5.46. The maximum absolute atomic E-state index is 12.6. The summed E-state index contributed by atoms with van der Waals surface area (Å²) in [6, 6.07) is -0.227. The lowest BCUT2D eigenvalue weighted by Crippen LogP contribution is -2.49. The van der Waals surface area contributed by atoms with Gasteiger partial charge in [-0.2, -0.15) is 9.40 Å². The predicted molar refractivity (Wildman–Crippen MR) is 70.5 cm³/mol. The second-order valence-corrected chi connectivity index (χ2v) is 6.78. The molecule has 0 amide bonds. The summed E-state index contributed by atoms with van der Waals surface area (Å²) >= 11 is 9.21. The Morgan fingerprint density at radius 3 is 2.94 bits per heavy atom. The van der Waals surface area contributed by atoms with Crippen LogP contribution in [-0.2, 0) is 21.8 Å². The minimum Gasteiger partial charge on any atom is -0.378 e. The summed E-state index contributed by atoms with van der Waals surface area (Å²) in [6.07, 6.45) is 1.33. The number of rotatable bonds is 3. The van der Waals surface area contributed by atoms with Crippen LogP contribution in [0, 0.1) is 0 Å². The van der Waals surface area contributed by atoms with Crippen molar-refractivity contribution in [2.45, 2.75) is 11.1 Å². The monoisotopic (exact) mass is 357 g/mol. The molecule has 1 aromatic heterocycles. The standard InChI is InChI=1S/C9H13BrClN3O3S/c1-13-9(8(11)5-12-13)18(15,16)14-2-3-17-6-7(14)4-10/h5,7H,2-4,6H2,1H3. The van der Waals surface area contributed by atoms with E-state index in [0.717, 1.165) is 0 Å². The molecule has 1 aliphatic heterocycles. The van der Waals surface area contributed by atoms with E-state index < -0.39 is 10.0 Å². The van der Waals surface area contributed by atoms with Gasteiger partial charge in [-0.05, 0) is 0 Å². The van der Waals surface area contributed by atoms with Gasteiger partial charge in [0.15, 0.2) is 5.03 Å². The van der Waals surface area contributed by atoms with Gasteiger partial charge in [-0.15, -0.1) is 0 Å². The Morgan fingerprint density at radius 1 is 1.67 bits per heavy atom. The maximum Gasteiger partial charge on any atom is 0.262 e. The van der Waals surface area contributed by atoms with E-state index in [9.17, 15) is 8.42 Å². The molecule has 1 saturated heterocycles. The molecule has 2 heterocycles. The minimum absolute atomic E-state index is 0.0250. The SMILES string of the molecule is Cn1ncc(Cl)c1S(=O)(=O)N1CCOCC1CBr. The van der Waals surface area contributed by atoms with Crippen LogP contribution in [0.4, 0.5) is 0 Å². The zero-order chi connectivity index (χ0) is 13.3. The molecule has 1 fully saturated rings.